The van der Waals surface area contributed by atoms with Gasteiger partial charge in [0.05, 0.1) is 18.4 Å². The minimum Gasteiger partial charge on any atom is -0.507 e. The van der Waals surface area contributed by atoms with Gasteiger partial charge in [-0.25, -0.2) is 18.0 Å². The molecule has 2 aromatic carbocycles. The SMILES string of the molecule is CC(F)CCc1c(C(=O)O)cc(CC(F)CCF)c(O)c1-c1cccc(F)c1. The second-order valence-electron chi connectivity index (χ2n) is 6.70. The zero-order valence-corrected chi connectivity index (χ0v) is 15.4. The third-order valence-electron chi connectivity index (χ3n) is 4.49. The highest BCUT2D eigenvalue weighted by Crippen LogP contribution is 2.40. The number of aromatic hydroxyl groups is 1. The quantitative estimate of drug-likeness (QED) is 0.554. The van der Waals surface area contributed by atoms with Crippen molar-refractivity contribution in [3.63, 3.8) is 0 Å². The maximum atomic E-state index is 13.9. The predicted molar refractivity (Wildman–Crippen MR) is 98.5 cm³/mol. The number of aromatic carboxylic acids is 1. The molecule has 0 aliphatic carbocycles. The van der Waals surface area contributed by atoms with E-state index in [0.717, 1.165) is 12.1 Å². The van der Waals surface area contributed by atoms with E-state index < -0.39 is 49.4 Å². The molecule has 0 saturated heterocycles. The molecule has 7 heteroatoms. The van der Waals surface area contributed by atoms with Crippen molar-refractivity contribution in [1.29, 1.82) is 0 Å². The van der Waals surface area contributed by atoms with Crippen molar-refractivity contribution >= 4 is 5.97 Å². The van der Waals surface area contributed by atoms with E-state index in [4.69, 9.17) is 0 Å². The van der Waals surface area contributed by atoms with Crippen molar-refractivity contribution in [2.45, 2.75) is 45.0 Å². The number of hydrogen-bond donors (Lipinski definition) is 2. The molecule has 0 heterocycles. The van der Waals surface area contributed by atoms with Crippen molar-refractivity contribution in [3.8, 4) is 16.9 Å². The average Bonchev–Trinajstić information content (AvgIpc) is 2.61. The average molecular weight is 398 g/mol. The zero-order chi connectivity index (χ0) is 20.8. The van der Waals surface area contributed by atoms with Gasteiger partial charge in [0, 0.05) is 18.4 Å². The first-order chi connectivity index (χ1) is 13.2. The molecule has 0 saturated carbocycles. The number of halogens is 4. The molecule has 2 rings (SSSR count). The molecule has 0 aliphatic heterocycles. The van der Waals surface area contributed by atoms with Gasteiger partial charge in [-0.3, -0.25) is 4.39 Å². The van der Waals surface area contributed by atoms with E-state index >= 15 is 0 Å². The number of carbonyl (C=O) groups is 1. The third-order valence-corrected chi connectivity index (χ3v) is 4.49. The highest BCUT2D eigenvalue weighted by atomic mass is 19.1. The van der Waals surface area contributed by atoms with E-state index in [1.54, 1.807) is 0 Å². The van der Waals surface area contributed by atoms with Gasteiger partial charge in [-0.1, -0.05) is 12.1 Å². The van der Waals surface area contributed by atoms with Gasteiger partial charge in [0.25, 0.3) is 0 Å². The molecular weight excluding hydrogens is 376 g/mol. The fourth-order valence-corrected chi connectivity index (χ4v) is 3.13. The lowest BCUT2D eigenvalue weighted by molar-refractivity contribution is 0.0695. The van der Waals surface area contributed by atoms with Crippen LogP contribution < -0.4 is 0 Å². The molecule has 2 unspecified atom stereocenters. The van der Waals surface area contributed by atoms with Gasteiger partial charge in [-0.15, -0.1) is 0 Å². The molecule has 3 nitrogen and oxygen atoms in total. The van der Waals surface area contributed by atoms with Crippen molar-refractivity contribution < 1.29 is 32.6 Å². The van der Waals surface area contributed by atoms with E-state index in [1.807, 2.05) is 0 Å². The van der Waals surface area contributed by atoms with Crippen LogP contribution in [0.1, 0.15) is 41.3 Å². The number of hydrogen-bond acceptors (Lipinski definition) is 2. The standard InChI is InChI=1S/C21H22F4O3/c1-12(23)5-6-17-18(21(27)28)11-14(10-16(25)7-8-22)20(26)19(17)13-3-2-4-15(24)9-13/h2-4,9,11-12,16,26H,5-8,10H2,1H3,(H,27,28). The Labute approximate surface area is 160 Å². The second kappa shape index (κ2) is 9.57. The Morgan fingerprint density at radius 1 is 1.18 bits per heavy atom. The van der Waals surface area contributed by atoms with Crippen LogP contribution in [-0.4, -0.2) is 35.2 Å². The lowest BCUT2D eigenvalue weighted by atomic mass is 9.87. The van der Waals surface area contributed by atoms with Crippen LogP contribution in [0.5, 0.6) is 5.75 Å². The number of carboxylic acid groups (broad SMARTS) is 1. The third kappa shape index (κ3) is 5.24. The molecule has 28 heavy (non-hydrogen) atoms. The largest absolute Gasteiger partial charge is 0.507 e. The summed E-state index contributed by atoms with van der Waals surface area (Å²) in [6, 6.07) is 6.29. The topological polar surface area (TPSA) is 57.5 Å². The molecule has 2 aromatic rings. The fraction of sp³-hybridized carbons (Fsp3) is 0.381. The second-order valence-corrected chi connectivity index (χ2v) is 6.70. The number of rotatable bonds is 9. The van der Waals surface area contributed by atoms with Gasteiger partial charge in [-0.2, -0.15) is 0 Å². The summed E-state index contributed by atoms with van der Waals surface area (Å²) in [6.07, 6.45) is -3.63. The summed E-state index contributed by atoms with van der Waals surface area (Å²) in [7, 11) is 0. The first-order valence-electron chi connectivity index (χ1n) is 8.95. The Balaban J connectivity index is 2.70. The number of phenols is 1. The molecule has 0 fully saturated rings. The molecule has 0 radical (unpaired) electrons. The molecule has 0 amide bonds. The van der Waals surface area contributed by atoms with Crippen molar-refractivity contribution in [2.75, 3.05) is 6.67 Å². The summed E-state index contributed by atoms with van der Waals surface area (Å²) in [5.74, 6) is -2.34. The Kier molecular flexibility index (Phi) is 7.43. The monoisotopic (exact) mass is 398 g/mol. The fourth-order valence-electron chi connectivity index (χ4n) is 3.13. The Morgan fingerprint density at radius 3 is 2.46 bits per heavy atom. The number of alkyl halides is 3. The molecule has 152 valence electrons. The van der Waals surface area contributed by atoms with Crippen molar-refractivity contribution in [2.24, 2.45) is 0 Å². The summed E-state index contributed by atoms with van der Waals surface area (Å²) < 4.78 is 53.5. The normalized spacial score (nSPS) is 13.3. The molecule has 0 aliphatic rings. The van der Waals surface area contributed by atoms with E-state index in [9.17, 15) is 32.6 Å². The van der Waals surface area contributed by atoms with Gasteiger partial charge in [0.15, 0.2) is 0 Å². The van der Waals surface area contributed by atoms with Crippen molar-refractivity contribution in [3.05, 3.63) is 52.8 Å². The van der Waals surface area contributed by atoms with E-state index in [-0.39, 0.29) is 40.7 Å². The van der Waals surface area contributed by atoms with Gasteiger partial charge >= 0.3 is 5.97 Å². The minimum atomic E-state index is -1.62. The lowest BCUT2D eigenvalue weighted by Crippen LogP contribution is -2.12. The summed E-state index contributed by atoms with van der Waals surface area (Å²) in [5.41, 5.74) is 0.131. The van der Waals surface area contributed by atoms with Crippen LogP contribution in [0.15, 0.2) is 30.3 Å². The van der Waals surface area contributed by atoms with Crippen LogP contribution in [-0.2, 0) is 12.8 Å². The maximum Gasteiger partial charge on any atom is 0.335 e. The van der Waals surface area contributed by atoms with E-state index in [0.29, 0.717) is 0 Å². The molecule has 0 bridgehead atoms. The van der Waals surface area contributed by atoms with Crippen LogP contribution in [0.3, 0.4) is 0 Å². The Bertz CT molecular complexity index is 837. The summed E-state index contributed by atoms with van der Waals surface area (Å²) in [6.45, 7) is 0.429. The van der Waals surface area contributed by atoms with Crippen molar-refractivity contribution in [1.82, 2.24) is 0 Å². The smallest absolute Gasteiger partial charge is 0.335 e. The first-order valence-corrected chi connectivity index (χ1v) is 8.95. The van der Waals surface area contributed by atoms with Gasteiger partial charge in [-0.05, 0) is 54.7 Å². The number of carboxylic acids is 1. The molecule has 0 aromatic heterocycles. The molecule has 2 N–H and O–H groups in total. The molecule has 2 atom stereocenters. The number of benzene rings is 2. The van der Waals surface area contributed by atoms with Gasteiger partial charge in [0.2, 0.25) is 0 Å². The van der Waals surface area contributed by atoms with E-state index in [1.165, 1.54) is 25.1 Å². The Hall–Kier alpha value is -2.57. The maximum absolute atomic E-state index is 13.9. The van der Waals surface area contributed by atoms with Crippen LogP contribution in [0.2, 0.25) is 0 Å². The minimum absolute atomic E-state index is 0.00499. The highest BCUT2D eigenvalue weighted by Gasteiger charge is 2.24. The summed E-state index contributed by atoms with van der Waals surface area (Å²) >= 11 is 0. The number of phenolic OH excluding ortho intramolecular Hbond substituents is 1. The van der Waals surface area contributed by atoms with E-state index in [2.05, 4.69) is 0 Å². The van der Waals surface area contributed by atoms with Gasteiger partial charge in [0.1, 0.15) is 17.7 Å². The summed E-state index contributed by atoms with van der Waals surface area (Å²) in [5, 5.41) is 20.3. The first kappa shape index (κ1) is 21.7. The molecule has 0 spiro atoms. The molecular formula is C21H22F4O3. The van der Waals surface area contributed by atoms with Crippen LogP contribution >= 0.6 is 0 Å². The zero-order valence-electron chi connectivity index (χ0n) is 15.4. The summed E-state index contributed by atoms with van der Waals surface area (Å²) in [4.78, 5) is 11.8. The predicted octanol–water partition coefficient (Wildman–Crippen LogP) is 5.43. The highest BCUT2D eigenvalue weighted by molar-refractivity contribution is 5.94. The van der Waals surface area contributed by atoms with Crippen LogP contribution in [0.25, 0.3) is 11.1 Å². The van der Waals surface area contributed by atoms with Crippen LogP contribution in [0.4, 0.5) is 17.6 Å². The Morgan fingerprint density at radius 2 is 1.89 bits per heavy atom. The van der Waals surface area contributed by atoms with Gasteiger partial charge < -0.3 is 10.2 Å². The lowest BCUT2D eigenvalue weighted by Gasteiger charge is -2.19. The van der Waals surface area contributed by atoms with Crippen LogP contribution in [0, 0.1) is 5.82 Å².